The largest absolute Gasteiger partial charge is 0.300 e. The molecule has 0 radical (unpaired) electrons. The van der Waals surface area contributed by atoms with Crippen molar-refractivity contribution in [2.45, 2.75) is 6.92 Å². The van der Waals surface area contributed by atoms with Gasteiger partial charge in [0.25, 0.3) is 0 Å². The number of hydrogen-bond acceptors (Lipinski definition) is 2. The van der Waals surface area contributed by atoms with Gasteiger partial charge in [0.05, 0.1) is 0 Å². The maximum atomic E-state index is 4.64. The van der Waals surface area contributed by atoms with Crippen molar-refractivity contribution in [2.75, 3.05) is 0 Å². The molecule has 0 saturated carbocycles. The van der Waals surface area contributed by atoms with Crippen LogP contribution in [0.5, 0.6) is 0 Å². The third kappa shape index (κ3) is 2.28. The molecule has 3 heteroatoms. The summed E-state index contributed by atoms with van der Waals surface area (Å²) in [6.45, 7) is 2.13. The Morgan fingerprint density at radius 1 is 0.840 bits per heavy atom. The molecule has 2 heterocycles. The molecular formula is C22H16N2S. The summed E-state index contributed by atoms with van der Waals surface area (Å²) in [6, 6.07) is 23.7. The fourth-order valence-electron chi connectivity index (χ4n) is 3.41. The molecule has 0 atom stereocenters. The van der Waals surface area contributed by atoms with Gasteiger partial charge in [0, 0.05) is 43.8 Å². The van der Waals surface area contributed by atoms with Crippen LogP contribution in [0, 0.1) is 6.92 Å². The minimum atomic E-state index is 0.978. The average Bonchev–Trinajstić information content (AvgIpc) is 3.26. The number of benzene rings is 3. The van der Waals surface area contributed by atoms with Gasteiger partial charge in [0.2, 0.25) is 0 Å². The maximum Gasteiger partial charge on any atom is 0.144 e. The molecule has 0 aliphatic heterocycles. The third-order valence-corrected chi connectivity index (χ3v) is 5.80. The number of rotatable bonds is 2. The van der Waals surface area contributed by atoms with Gasteiger partial charge in [-0.15, -0.1) is 11.3 Å². The Labute approximate surface area is 150 Å². The number of aryl methyl sites for hydroxylation is 1. The molecule has 25 heavy (non-hydrogen) atoms. The van der Waals surface area contributed by atoms with Crippen molar-refractivity contribution in [3.05, 3.63) is 84.7 Å². The Balaban J connectivity index is 1.74. The van der Waals surface area contributed by atoms with E-state index in [4.69, 9.17) is 0 Å². The van der Waals surface area contributed by atoms with Crippen LogP contribution in [0.25, 0.3) is 37.2 Å². The lowest BCUT2D eigenvalue weighted by Crippen LogP contribution is -1.98. The SMILES string of the molecule is Cc1ccccc1-n1ccnc1-c1ccc2sc3ccccc3c2c1. The fourth-order valence-corrected chi connectivity index (χ4v) is 4.50. The van der Waals surface area contributed by atoms with Gasteiger partial charge in [0.15, 0.2) is 0 Å². The third-order valence-electron chi connectivity index (χ3n) is 4.65. The maximum absolute atomic E-state index is 4.64. The van der Waals surface area contributed by atoms with Crippen molar-refractivity contribution < 1.29 is 0 Å². The molecule has 5 aromatic rings. The number of imidazole rings is 1. The number of para-hydroxylation sites is 1. The van der Waals surface area contributed by atoms with Gasteiger partial charge in [-0.25, -0.2) is 4.98 Å². The van der Waals surface area contributed by atoms with Crippen molar-refractivity contribution in [3.63, 3.8) is 0 Å². The molecule has 5 rings (SSSR count). The van der Waals surface area contributed by atoms with Crippen molar-refractivity contribution in [1.82, 2.24) is 9.55 Å². The molecule has 0 aliphatic rings. The van der Waals surface area contributed by atoms with Crippen LogP contribution in [-0.2, 0) is 0 Å². The summed E-state index contributed by atoms with van der Waals surface area (Å²) in [5, 5.41) is 2.62. The van der Waals surface area contributed by atoms with Crippen LogP contribution in [0.4, 0.5) is 0 Å². The van der Waals surface area contributed by atoms with Crippen molar-refractivity contribution in [2.24, 2.45) is 0 Å². The Bertz CT molecular complexity index is 1210. The van der Waals surface area contributed by atoms with Crippen LogP contribution >= 0.6 is 11.3 Å². The van der Waals surface area contributed by atoms with E-state index in [1.54, 1.807) is 0 Å². The molecule has 0 unspecified atom stereocenters. The lowest BCUT2D eigenvalue weighted by atomic mass is 10.1. The zero-order valence-electron chi connectivity index (χ0n) is 13.8. The highest BCUT2D eigenvalue weighted by atomic mass is 32.1. The summed E-state index contributed by atoms with van der Waals surface area (Å²) in [5.41, 5.74) is 3.55. The van der Waals surface area contributed by atoms with E-state index in [1.807, 2.05) is 23.7 Å². The van der Waals surface area contributed by atoms with E-state index in [0.29, 0.717) is 0 Å². The predicted octanol–water partition coefficient (Wildman–Crippen LogP) is 6.22. The van der Waals surface area contributed by atoms with Gasteiger partial charge in [-0.3, -0.25) is 4.57 Å². The predicted molar refractivity (Wildman–Crippen MR) is 107 cm³/mol. The molecule has 0 spiro atoms. The standard InChI is InChI=1S/C22H16N2S/c1-15-6-2-4-8-19(15)24-13-12-23-22(24)16-10-11-21-18(14-16)17-7-3-5-9-20(17)25-21/h2-14H,1H3. The topological polar surface area (TPSA) is 17.8 Å². The van der Waals surface area contributed by atoms with Crippen molar-refractivity contribution in [1.29, 1.82) is 0 Å². The molecular weight excluding hydrogens is 324 g/mol. The summed E-state index contributed by atoms with van der Waals surface area (Å²) < 4.78 is 4.82. The van der Waals surface area contributed by atoms with Crippen LogP contribution < -0.4 is 0 Å². The van der Waals surface area contributed by atoms with Crippen molar-refractivity contribution in [3.8, 4) is 17.1 Å². The van der Waals surface area contributed by atoms with E-state index >= 15 is 0 Å². The van der Waals surface area contributed by atoms with E-state index in [0.717, 1.165) is 11.4 Å². The molecule has 0 amide bonds. The van der Waals surface area contributed by atoms with Gasteiger partial charge < -0.3 is 0 Å². The average molecular weight is 340 g/mol. The van der Waals surface area contributed by atoms with E-state index in [-0.39, 0.29) is 0 Å². The van der Waals surface area contributed by atoms with Gasteiger partial charge >= 0.3 is 0 Å². The highest BCUT2D eigenvalue weighted by molar-refractivity contribution is 7.25. The smallest absolute Gasteiger partial charge is 0.144 e. The second-order valence-corrected chi connectivity index (χ2v) is 7.30. The molecule has 3 aromatic carbocycles. The Hall–Kier alpha value is -2.91. The van der Waals surface area contributed by atoms with Gasteiger partial charge in [-0.1, -0.05) is 36.4 Å². The number of aromatic nitrogens is 2. The second-order valence-electron chi connectivity index (χ2n) is 6.22. The Morgan fingerprint density at radius 2 is 1.64 bits per heavy atom. The number of hydrogen-bond donors (Lipinski definition) is 0. The second kappa shape index (κ2) is 5.57. The first-order valence-corrected chi connectivity index (χ1v) is 9.14. The zero-order valence-corrected chi connectivity index (χ0v) is 14.6. The molecule has 0 bridgehead atoms. The summed E-state index contributed by atoms with van der Waals surface area (Å²) >= 11 is 1.84. The first-order chi connectivity index (χ1) is 12.3. The van der Waals surface area contributed by atoms with Crippen LogP contribution in [0.15, 0.2) is 79.1 Å². The fraction of sp³-hybridized carbons (Fsp3) is 0.0455. The molecule has 0 saturated heterocycles. The summed E-state index contributed by atoms with van der Waals surface area (Å²) in [4.78, 5) is 4.64. The highest BCUT2D eigenvalue weighted by Gasteiger charge is 2.12. The van der Waals surface area contributed by atoms with Gasteiger partial charge in [-0.05, 0) is 42.8 Å². The highest BCUT2D eigenvalue weighted by Crippen LogP contribution is 2.36. The first kappa shape index (κ1) is 14.4. The van der Waals surface area contributed by atoms with Crippen LogP contribution in [0.2, 0.25) is 0 Å². The summed E-state index contributed by atoms with van der Waals surface area (Å²) in [7, 11) is 0. The van der Waals surface area contributed by atoms with Gasteiger partial charge in [-0.2, -0.15) is 0 Å². The number of nitrogens with zero attached hydrogens (tertiary/aromatic N) is 2. The zero-order chi connectivity index (χ0) is 16.8. The summed E-state index contributed by atoms with van der Waals surface area (Å²) in [5.74, 6) is 0.978. The normalized spacial score (nSPS) is 11.4. The number of fused-ring (bicyclic) bond motifs is 3. The van der Waals surface area contributed by atoms with E-state index in [9.17, 15) is 0 Å². The Morgan fingerprint density at radius 3 is 2.56 bits per heavy atom. The number of thiophene rings is 1. The molecule has 2 aromatic heterocycles. The molecule has 120 valence electrons. The molecule has 0 aliphatic carbocycles. The van der Waals surface area contributed by atoms with E-state index in [1.165, 1.54) is 31.4 Å². The van der Waals surface area contributed by atoms with Crippen LogP contribution in [0.3, 0.4) is 0 Å². The van der Waals surface area contributed by atoms with Crippen molar-refractivity contribution >= 4 is 31.5 Å². The minimum Gasteiger partial charge on any atom is -0.300 e. The van der Waals surface area contributed by atoms with E-state index < -0.39 is 0 Å². The monoisotopic (exact) mass is 340 g/mol. The molecule has 0 N–H and O–H groups in total. The molecule has 2 nitrogen and oxygen atoms in total. The van der Waals surface area contributed by atoms with E-state index in [2.05, 4.69) is 83.2 Å². The summed E-state index contributed by atoms with van der Waals surface area (Å²) in [6.07, 6.45) is 3.91. The lowest BCUT2D eigenvalue weighted by molar-refractivity contribution is 1.05. The lowest BCUT2D eigenvalue weighted by Gasteiger charge is -2.11. The minimum absolute atomic E-state index is 0.978. The van der Waals surface area contributed by atoms with Gasteiger partial charge in [0.1, 0.15) is 5.82 Å². The quantitative estimate of drug-likeness (QED) is 0.373. The molecule has 0 fully saturated rings. The first-order valence-electron chi connectivity index (χ1n) is 8.32. The van der Waals surface area contributed by atoms with Crippen LogP contribution in [-0.4, -0.2) is 9.55 Å². The Kier molecular flexibility index (Phi) is 3.22. The van der Waals surface area contributed by atoms with Crippen LogP contribution in [0.1, 0.15) is 5.56 Å².